The third kappa shape index (κ3) is 3.42. The van der Waals surface area contributed by atoms with Gasteiger partial charge in [0.2, 0.25) is 5.91 Å². The maximum atomic E-state index is 14.0. The summed E-state index contributed by atoms with van der Waals surface area (Å²) in [5.74, 6) is -1.66. The molecule has 1 atom stereocenters. The molecule has 2 heterocycles. The highest BCUT2D eigenvalue weighted by Gasteiger charge is 2.63. The Morgan fingerprint density at radius 1 is 1.14 bits per heavy atom. The standard InChI is InChI=1S/C26H22BrCl2N3O4/c1-25(2)10-18-20(19(33)11-25)26(14-8-12(27)4-6-16(14)31-24(26)35)21(23(34)36-3)22(30)32(18)17-7-5-13(28)9-15(17)29/h4-9H,10-11,30H2,1-3H3,(H,31,35). The van der Waals surface area contributed by atoms with E-state index in [9.17, 15) is 14.4 Å². The summed E-state index contributed by atoms with van der Waals surface area (Å²) in [7, 11) is 1.21. The Morgan fingerprint density at radius 2 is 1.86 bits per heavy atom. The third-order valence-corrected chi connectivity index (χ3v) is 7.92. The zero-order chi connectivity index (χ0) is 26.2. The summed E-state index contributed by atoms with van der Waals surface area (Å²) in [6.07, 6.45) is 0.585. The van der Waals surface area contributed by atoms with Crippen molar-refractivity contribution in [1.82, 2.24) is 0 Å². The minimum absolute atomic E-state index is 0.0432. The van der Waals surface area contributed by atoms with Gasteiger partial charge in [-0.05, 0) is 48.2 Å². The number of nitrogens with zero attached hydrogens (tertiary/aromatic N) is 1. The van der Waals surface area contributed by atoms with Crippen LogP contribution in [-0.4, -0.2) is 24.8 Å². The molecule has 186 valence electrons. The van der Waals surface area contributed by atoms with Crippen molar-refractivity contribution in [1.29, 1.82) is 0 Å². The van der Waals surface area contributed by atoms with E-state index in [1.54, 1.807) is 41.3 Å². The van der Waals surface area contributed by atoms with E-state index in [2.05, 4.69) is 21.2 Å². The average molecular weight is 591 g/mol. The quantitative estimate of drug-likeness (QED) is 0.451. The molecule has 36 heavy (non-hydrogen) atoms. The zero-order valence-corrected chi connectivity index (χ0v) is 22.8. The van der Waals surface area contributed by atoms with Gasteiger partial charge < -0.3 is 15.8 Å². The van der Waals surface area contributed by atoms with E-state index in [4.69, 9.17) is 33.7 Å². The minimum Gasteiger partial charge on any atom is -0.466 e. The second kappa shape index (κ2) is 8.36. The molecule has 1 amide bonds. The molecule has 7 nitrogen and oxygen atoms in total. The summed E-state index contributed by atoms with van der Waals surface area (Å²) in [5, 5.41) is 3.54. The van der Waals surface area contributed by atoms with Crippen LogP contribution in [0.4, 0.5) is 11.4 Å². The molecule has 2 aromatic rings. The number of hydrogen-bond acceptors (Lipinski definition) is 6. The molecule has 5 rings (SSSR count). The van der Waals surface area contributed by atoms with Crippen LogP contribution in [0.25, 0.3) is 0 Å². The normalized spacial score (nSPS) is 22.6. The van der Waals surface area contributed by atoms with Gasteiger partial charge in [0.15, 0.2) is 5.78 Å². The van der Waals surface area contributed by atoms with Gasteiger partial charge in [-0.3, -0.25) is 14.5 Å². The van der Waals surface area contributed by atoms with Crippen molar-refractivity contribution < 1.29 is 19.1 Å². The van der Waals surface area contributed by atoms with Crippen molar-refractivity contribution in [3.8, 4) is 0 Å². The van der Waals surface area contributed by atoms with Crippen molar-refractivity contribution in [2.75, 3.05) is 17.3 Å². The average Bonchev–Trinajstić information content (AvgIpc) is 3.05. The summed E-state index contributed by atoms with van der Waals surface area (Å²) in [6, 6.07) is 10.1. The Balaban J connectivity index is 1.95. The van der Waals surface area contributed by atoms with Crippen LogP contribution in [0.2, 0.25) is 10.0 Å². The smallest absolute Gasteiger partial charge is 0.339 e. The van der Waals surface area contributed by atoms with E-state index in [1.165, 1.54) is 7.11 Å². The molecule has 1 unspecified atom stereocenters. The van der Waals surface area contributed by atoms with Crippen LogP contribution in [0.5, 0.6) is 0 Å². The number of carbonyl (C=O) groups excluding carboxylic acids is 3. The Bertz CT molecular complexity index is 1450. The maximum Gasteiger partial charge on any atom is 0.339 e. The first-order valence-electron chi connectivity index (χ1n) is 11.1. The molecular weight excluding hydrogens is 569 g/mol. The topological polar surface area (TPSA) is 102 Å². The van der Waals surface area contributed by atoms with Crippen molar-refractivity contribution in [3.63, 3.8) is 0 Å². The monoisotopic (exact) mass is 589 g/mol. The summed E-state index contributed by atoms with van der Waals surface area (Å²) < 4.78 is 5.82. The maximum absolute atomic E-state index is 14.0. The summed E-state index contributed by atoms with van der Waals surface area (Å²) in [5.41, 5.74) is 6.47. The Hall–Kier alpha value is -2.81. The molecule has 0 fully saturated rings. The van der Waals surface area contributed by atoms with E-state index in [0.29, 0.717) is 38.6 Å². The van der Waals surface area contributed by atoms with Crippen molar-refractivity contribution in [2.24, 2.45) is 11.1 Å². The number of esters is 1. The third-order valence-electron chi connectivity index (χ3n) is 6.88. The molecule has 0 saturated heterocycles. The molecule has 1 spiro atoms. The fraction of sp³-hybridized carbons (Fsp3) is 0.269. The van der Waals surface area contributed by atoms with E-state index in [0.717, 1.165) is 0 Å². The number of rotatable bonds is 2. The van der Waals surface area contributed by atoms with Gasteiger partial charge in [0.05, 0.1) is 17.8 Å². The number of allylic oxidation sites excluding steroid dienone is 1. The number of anilines is 2. The molecule has 2 aromatic carbocycles. The van der Waals surface area contributed by atoms with E-state index >= 15 is 0 Å². The van der Waals surface area contributed by atoms with Crippen molar-refractivity contribution in [3.05, 3.63) is 79.1 Å². The van der Waals surface area contributed by atoms with Crippen LogP contribution >= 0.6 is 39.1 Å². The van der Waals surface area contributed by atoms with Gasteiger partial charge in [-0.15, -0.1) is 0 Å². The number of nitrogens with one attached hydrogen (secondary N) is 1. The predicted octanol–water partition coefficient (Wildman–Crippen LogP) is 5.45. The number of ketones is 1. The summed E-state index contributed by atoms with van der Waals surface area (Å²) >= 11 is 16.2. The molecule has 3 aliphatic rings. The Morgan fingerprint density at radius 3 is 2.53 bits per heavy atom. The largest absolute Gasteiger partial charge is 0.466 e. The van der Waals surface area contributed by atoms with Crippen LogP contribution in [0, 0.1) is 5.41 Å². The van der Waals surface area contributed by atoms with Gasteiger partial charge in [0, 0.05) is 38.4 Å². The van der Waals surface area contributed by atoms with Crippen LogP contribution < -0.4 is 16.0 Å². The molecule has 0 aromatic heterocycles. The lowest BCUT2D eigenvalue weighted by molar-refractivity contribution is -0.138. The highest BCUT2D eigenvalue weighted by molar-refractivity contribution is 9.10. The fourth-order valence-corrected chi connectivity index (χ4v) is 6.40. The number of benzene rings is 2. The van der Waals surface area contributed by atoms with E-state index < -0.39 is 22.7 Å². The Kier molecular flexibility index (Phi) is 5.78. The van der Waals surface area contributed by atoms with Crippen molar-refractivity contribution >= 4 is 68.2 Å². The highest BCUT2D eigenvalue weighted by atomic mass is 79.9. The number of hydrogen-bond donors (Lipinski definition) is 2. The van der Waals surface area contributed by atoms with Gasteiger partial charge in [-0.1, -0.05) is 53.0 Å². The lowest BCUT2D eigenvalue weighted by Crippen LogP contribution is -2.54. The molecule has 0 bridgehead atoms. The second-order valence-electron chi connectivity index (χ2n) is 9.84. The van der Waals surface area contributed by atoms with Gasteiger partial charge >= 0.3 is 5.97 Å². The number of methoxy groups -OCH3 is 1. The number of amides is 1. The van der Waals surface area contributed by atoms with Gasteiger partial charge in [-0.2, -0.15) is 0 Å². The van der Waals surface area contributed by atoms with Crippen molar-refractivity contribution in [2.45, 2.75) is 32.1 Å². The first-order valence-corrected chi connectivity index (χ1v) is 12.7. The molecule has 3 N–H and O–H groups in total. The number of nitrogens with two attached hydrogens (primary N) is 1. The number of Topliss-reactive ketones (excluding diaryl/α,β-unsaturated/α-hetero) is 1. The number of ether oxygens (including phenoxy) is 1. The van der Waals surface area contributed by atoms with Gasteiger partial charge in [-0.25, -0.2) is 4.79 Å². The van der Waals surface area contributed by atoms with Crippen LogP contribution in [0.15, 0.2) is 63.5 Å². The fourth-order valence-electron chi connectivity index (χ4n) is 5.55. The number of halogens is 3. The molecule has 0 saturated carbocycles. The second-order valence-corrected chi connectivity index (χ2v) is 11.6. The van der Waals surface area contributed by atoms with Crippen LogP contribution in [0.1, 0.15) is 32.3 Å². The van der Waals surface area contributed by atoms with Gasteiger partial charge in [0.1, 0.15) is 16.8 Å². The highest BCUT2D eigenvalue weighted by Crippen LogP contribution is 2.58. The lowest BCUT2D eigenvalue weighted by atomic mass is 9.60. The SMILES string of the molecule is COC(=O)C1=C(N)N(c2ccc(Cl)cc2Cl)C2=C(C(=O)CC(C)(C)C2)C12C(=O)Nc1ccc(Br)cc12. The van der Waals surface area contributed by atoms with Gasteiger partial charge in [0.25, 0.3) is 0 Å². The van der Waals surface area contributed by atoms with Crippen LogP contribution in [0.3, 0.4) is 0 Å². The summed E-state index contributed by atoms with van der Waals surface area (Å²) in [4.78, 5) is 42.9. The molecule has 1 aliphatic carbocycles. The van der Waals surface area contributed by atoms with Crippen LogP contribution in [-0.2, 0) is 24.5 Å². The molecular formula is C26H22BrCl2N3O4. The minimum atomic E-state index is -1.78. The first kappa shape index (κ1) is 24.9. The van der Waals surface area contributed by atoms with E-state index in [1.807, 2.05) is 13.8 Å². The lowest BCUT2D eigenvalue weighted by Gasteiger charge is -2.47. The molecule has 10 heteroatoms. The first-order chi connectivity index (χ1) is 16.9. The van der Waals surface area contributed by atoms with E-state index in [-0.39, 0.29) is 34.2 Å². The number of fused-ring (bicyclic) bond motifs is 3. The molecule has 0 radical (unpaired) electrons. The zero-order valence-electron chi connectivity index (χ0n) is 19.7. The number of carbonyl (C=O) groups is 3. The summed E-state index contributed by atoms with van der Waals surface area (Å²) in [6.45, 7) is 3.94. The predicted molar refractivity (Wildman–Crippen MR) is 142 cm³/mol. The Labute approximate surface area is 226 Å². The molecule has 2 aliphatic heterocycles.